The highest BCUT2D eigenvalue weighted by Gasteiger charge is 2.24. The van der Waals surface area contributed by atoms with Crippen LogP contribution in [0.1, 0.15) is 59.3 Å². The van der Waals surface area contributed by atoms with E-state index in [2.05, 4.69) is 26.1 Å². The molecule has 5 heteroatoms. The van der Waals surface area contributed by atoms with Crippen molar-refractivity contribution in [1.82, 2.24) is 5.32 Å². The first-order chi connectivity index (χ1) is 8.90. The minimum atomic E-state index is -0.926. The monoisotopic (exact) mass is 272 g/mol. The van der Waals surface area contributed by atoms with Crippen LogP contribution in [0.5, 0.6) is 0 Å². The molecule has 0 aliphatic heterocycles. The van der Waals surface area contributed by atoms with Gasteiger partial charge in [-0.3, -0.25) is 9.59 Å². The van der Waals surface area contributed by atoms with E-state index in [0.717, 1.165) is 25.7 Å². The van der Waals surface area contributed by atoms with Gasteiger partial charge in [0.05, 0.1) is 6.04 Å². The zero-order valence-corrected chi connectivity index (χ0v) is 12.4. The van der Waals surface area contributed by atoms with Crippen LogP contribution in [0.15, 0.2) is 0 Å². The molecule has 0 spiro atoms. The Kier molecular flexibility index (Phi) is 8.39. The minimum absolute atomic E-state index is 0.0720. The summed E-state index contributed by atoms with van der Waals surface area (Å²) in [6.07, 6.45) is 4.34. The summed E-state index contributed by atoms with van der Waals surface area (Å²) in [5.41, 5.74) is 5.93. The summed E-state index contributed by atoms with van der Waals surface area (Å²) < 4.78 is 0. The summed E-state index contributed by atoms with van der Waals surface area (Å²) in [6, 6.07) is -0.727. The zero-order valence-electron chi connectivity index (χ0n) is 12.4. The lowest BCUT2D eigenvalue weighted by molar-refractivity contribution is -0.137. The molecule has 112 valence electrons. The van der Waals surface area contributed by atoms with Gasteiger partial charge in [0.25, 0.3) is 0 Å². The summed E-state index contributed by atoms with van der Waals surface area (Å²) in [4.78, 5) is 22.1. The van der Waals surface area contributed by atoms with Crippen molar-refractivity contribution in [2.75, 3.05) is 6.54 Å². The van der Waals surface area contributed by atoms with E-state index in [1.807, 2.05) is 0 Å². The second kappa shape index (κ2) is 8.91. The number of hydrogen-bond acceptors (Lipinski definition) is 3. The van der Waals surface area contributed by atoms with Crippen molar-refractivity contribution < 1.29 is 14.7 Å². The number of amides is 1. The van der Waals surface area contributed by atoms with E-state index in [1.54, 1.807) is 0 Å². The molecule has 0 aromatic carbocycles. The number of nitrogens with two attached hydrogens (primary N) is 1. The Morgan fingerprint density at radius 1 is 1.21 bits per heavy atom. The van der Waals surface area contributed by atoms with Gasteiger partial charge in [0, 0.05) is 13.0 Å². The van der Waals surface area contributed by atoms with Gasteiger partial charge in [-0.15, -0.1) is 0 Å². The Morgan fingerprint density at radius 2 is 1.74 bits per heavy atom. The number of nitrogens with one attached hydrogen (secondary N) is 1. The summed E-state index contributed by atoms with van der Waals surface area (Å²) in [7, 11) is 0. The average Bonchev–Trinajstić information content (AvgIpc) is 2.41. The molecule has 0 aromatic heterocycles. The molecule has 0 unspecified atom stereocenters. The summed E-state index contributed by atoms with van der Waals surface area (Å²) in [5, 5.41) is 11.3. The van der Waals surface area contributed by atoms with Crippen molar-refractivity contribution in [3.63, 3.8) is 0 Å². The van der Waals surface area contributed by atoms with E-state index >= 15 is 0 Å². The largest absolute Gasteiger partial charge is 0.481 e. The third-order valence-electron chi connectivity index (χ3n) is 4.21. The highest BCUT2D eigenvalue weighted by atomic mass is 16.4. The van der Waals surface area contributed by atoms with Gasteiger partial charge in [0.15, 0.2) is 0 Å². The van der Waals surface area contributed by atoms with Gasteiger partial charge in [0.2, 0.25) is 5.91 Å². The number of aliphatic carboxylic acids is 1. The van der Waals surface area contributed by atoms with Gasteiger partial charge < -0.3 is 16.2 Å². The molecule has 0 saturated carbocycles. The van der Waals surface area contributed by atoms with E-state index in [1.165, 1.54) is 0 Å². The molecule has 0 rings (SSSR count). The predicted molar refractivity (Wildman–Crippen MR) is 75.8 cm³/mol. The molecular weight excluding hydrogens is 244 g/mol. The highest BCUT2D eigenvalue weighted by molar-refractivity contribution is 5.82. The van der Waals surface area contributed by atoms with Crippen LogP contribution in [-0.4, -0.2) is 29.6 Å². The van der Waals surface area contributed by atoms with E-state index in [9.17, 15) is 9.59 Å². The maximum absolute atomic E-state index is 11.7. The molecule has 0 radical (unpaired) electrons. The van der Waals surface area contributed by atoms with E-state index in [-0.39, 0.29) is 18.7 Å². The quantitative estimate of drug-likeness (QED) is 0.566. The smallest absolute Gasteiger partial charge is 0.303 e. The van der Waals surface area contributed by atoms with E-state index in [0.29, 0.717) is 12.0 Å². The molecule has 1 amide bonds. The first kappa shape index (κ1) is 17.9. The van der Waals surface area contributed by atoms with Crippen LogP contribution in [0.25, 0.3) is 0 Å². The topological polar surface area (TPSA) is 92.4 Å². The van der Waals surface area contributed by atoms with Gasteiger partial charge in [0.1, 0.15) is 0 Å². The molecule has 4 N–H and O–H groups in total. The number of carbonyl (C=O) groups excluding carboxylic acids is 1. The van der Waals surface area contributed by atoms with Crippen LogP contribution in [0, 0.1) is 5.41 Å². The van der Waals surface area contributed by atoms with Crippen LogP contribution in [0.2, 0.25) is 0 Å². The number of rotatable bonds is 10. The molecule has 1 atom stereocenters. The number of carboxylic acid groups (broad SMARTS) is 1. The predicted octanol–water partition coefficient (Wildman–Crippen LogP) is 1.90. The molecule has 0 bridgehead atoms. The van der Waals surface area contributed by atoms with Gasteiger partial charge in [-0.2, -0.15) is 0 Å². The normalized spacial score (nSPS) is 13.1. The molecule has 0 aliphatic rings. The fourth-order valence-corrected chi connectivity index (χ4v) is 2.27. The Labute approximate surface area is 115 Å². The third-order valence-corrected chi connectivity index (χ3v) is 4.21. The Morgan fingerprint density at radius 3 is 2.16 bits per heavy atom. The van der Waals surface area contributed by atoms with Gasteiger partial charge >= 0.3 is 5.97 Å². The van der Waals surface area contributed by atoms with Crippen LogP contribution < -0.4 is 11.1 Å². The maximum atomic E-state index is 11.7. The molecule has 0 heterocycles. The summed E-state index contributed by atoms with van der Waals surface area (Å²) >= 11 is 0. The standard InChI is InChI=1S/C14H28N2O3/c1-4-14(5-2,6-3)9-10-16-13(19)11(15)7-8-12(17)18/h11H,4-10,15H2,1-3H3,(H,16,19)(H,17,18)/t11-/m1/s1. The Balaban J connectivity index is 4.05. The average molecular weight is 272 g/mol. The lowest BCUT2D eigenvalue weighted by atomic mass is 9.77. The molecule has 0 aromatic rings. The van der Waals surface area contributed by atoms with E-state index < -0.39 is 12.0 Å². The van der Waals surface area contributed by atoms with Crippen molar-refractivity contribution in [3.05, 3.63) is 0 Å². The zero-order chi connectivity index (χ0) is 14.9. The van der Waals surface area contributed by atoms with Gasteiger partial charge in [-0.05, 0) is 18.3 Å². The van der Waals surface area contributed by atoms with Crippen LogP contribution >= 0.6 is 0 Å². The van der Waals surface area contributed by atoms with Crippen molar-refractivity contribution >= 4 is 11.9 Å². The molecule has 19 heavy (non-hydrogen) atoms. The number of hydrogen-bond donors (Lipinski definition) is 3. The lowest BCUT2D eigenvalue weighted by Gasteiger charge is -2.30. The van der Waals surface area contributed by atoms with Crippen LogP contribution in [0.4, 0.5) is 0 Å². The fourth-order valence-electron chi connectivity index (χ4n) is 2.27. The van der Waals surface area contributed by atoms with Crippen molar-refractivity contribution in [3.8, 4) is 0 Å². The maximum Gasteiger partial charge on any atom is 0.303 e. The molecule has 0 aliphatic carbocycles. The summed E-state index contributed by atoms with van der Waals surface area (Å²) in [5.74, 6) is -1.18. The Bertz CT molecular complexity index is 280. The van der Waals surface area contributed by atoms with Gasteiger partial charge in [-0.25, -0.2) is 0 Å². The molecular formula is C14H28N2O3. The molecule has 0 saturated heterocycles. The van der Waals surface area contributed by atoms with Crippen LogP contribution in [-0.2, 0) is 9.59 Å². The third kappa shape index (κ3) is 6.57. The fraction of sp³-hybridized carbons (Fsp3) is 0.857. The Hall–Kier alpha value is -1.10. The molecule has 0 fully saturated rings. The number of carbonyl (C=O) groups is 2. The first-order valence-corrected chi connectivity index (χ1v) is 7.15. The highest BCUT2D eigenvalue weighted by Crippen LogP contribution is 2.33. The second-order valence-electron chi connectivity index (χ2n) is 5.14. The van der Waals surface area contributed by atoms with Crippen LogP contribution in [0.3, 0.4) is 0 Å². The van der Waals surface area contributed by atoms with Crippen molar-refractivity contribution in [2.24, 2.45) is 11.1 Å². The summed E-state index contributed by atoms with van der Waals surface area (Å²) in [6.45, 7) is 7.13. The first-order valence-electron chi connectivity index (χ1n) is 7.15. The minimum Gasteiger partial charge on any atom is -0.481 e. The second-order valence-corrected chi connectivity index (χ2v) is 5.14. The SMILES string of the molecule is CCC(CC)(CC)CCNC(=O)[C@H](N)CCC(=O)O. The lowest BCUT2D eigenvalue weighted by Crippen LogP contribution is -2.42. The van der Waals surface area contributed by atoms with E-state index in [4.69, 9.17) is 10.8 Å². The van der Waals surface area contributed by atoms with Crippen molar-refractivity contribution in [2.45, 2.75) is 65.3 Å². The number of carboxylic acids is 1. The van der Waals surface area contributed by atoms with Crippen molar-refractivity contribution in [1.29, 1.82) is 0 Å². The van der Waals surface area contributed by atoms with Gasteiger partial charge in [-0.1, -0.05) is 40.0 Å². The molecule has 5 nitrogen and oxygen atoms in total.